The quantitative estimate of drug-likeness (QED) is 0.430. The van der Waals surface area contributed by atoms with E-state index < -0.39 is 5.97 Å². The summed E-state index contributed by atoms with van der Waals surface area (Å²) < 4.78 is 6.73. The summed E-state index contributed by atoms with van der Waals surface area (Å²) in [5.74, 6) is -0.449. The lowest BCUT2D eigenvalue weighted by Gasteiger charge is -2.14. The summed E-state index contributed by atoms with van der Waals surface area (Å²) in [6, 6.07) is 15.1. The van der Waals surface area contributed by atoms with E-state index >= 15 is 0 Å². The summed E-state index contributed by atoms with van der Waals surface area (Å²) in [5.41, 5.74) is 4.49. The molecule has 5 nitrogen and oxygen atoms in total. The maximum absolute atomic E-state index is 13.1. The van der Waals surface area contributed by atoms with Crippen molar-refractivity contribution < 1.29 is 9.53 Å². The first-order chi connectivity index (χ1) is 13.1. The van der Waals surface area contributed by atoms with Crippen LogP contribution in [0.3, 0.4) is 0 Å². The SMILES string of the molecule is COC(=O)c1c2n(c(=O)c3ccccc13)Cc1nc3ccccc3c(C)c1-2. The van der Waals surface area contributed by atoms with Gasteiger partial charge in [0.15, 0.2) is 0 Å². The van der Waals surface area contributed by atoms with Gasteiger partial charge in [-0.05, 0) is 24.6 Å². The van der Waals surface area contributed by atoms with Crippen molar-refractivity contribution in [3.8, 4) is 11.3 Å². The number of aromatic nitrogens is 2. The van der Waals surface area contributed by atoms with Crippen LogP contribution in [-0.2, 0) is 11.3 Å². The van der Waals surface area contributed by atoms with E-state index in [1.807, 2.05) is 37.3 Å². The van der Waals surface area contributed by atoms with E-state index in [0.29, 0.717) is 28.6 Å². The van der Waals surface area contributed by atoms with E-state index in [1.54, 1.807) is 22.8 Å². The molecule has 3 heterocycles. The molecule has 0 aliphatic carbocycles. The molecule has 2 aromatic heterocycles. The van der Waals surface area contributed by atoms with Crippen LogP contribution in [0.25, 0.3) is 32.9 Å². The summed E-state index contributed by atoms with van der Waals surface area (Å²) in [5, 5.41) is 2.14. The number of benzene rings is 2. The van der Waals surface area contributed by atoms with E-state index in [2.05, 4.69) is 0 Å². The number of nitrogens with zero attached hydrogens (tertiary/aromatic N) is 2. The van der Waals surface area contributed by atoms with Crippen LogP contribution in [0.5, 0.6) is 0 Å². The lowest BCUT2D eigenvalue weighted by Crippen LogP contribution is -2.22. The molecule has 0 amide bonds. The number of para-hydroxylation sites is 1. The molecule has 0 spiro atoms. The minimum atomic E-state index is -0.449. The van der Waals surface area contributed by atoms with Crippen LogP contribution in [0.2, 0.25) is 0 Å². The Balaban J connectivity index is 2.00. The van der Waals surface area contributed by atoms with E-state index in [4.69, 9.17) is 9.72 Å². The van der Waals surface area contributed by atoms with Crippen molar-refractivity contribution in [2.24, 2.45) is 0 Å². The zero-order valence-corrected chi connectivity index (χ0v) is 14.9. The van der Waals surface area contributed by atoms with Gasteiger partial charge >= 0.3 is 5.97 Å². The van der Waals surface area contributed by atoms with Gasteiger partial charge in [0.25, 0.3) is 5.56 Å². The molecule has 2 aromatic carbocycles. The zero-order valence-electron chi connectivity index (χ0n) is 14.9. The number of hydrogen-bond donors (Lipinski definition) is 0. The lowest BCUT2D eigenvalue weighted by atomic mass is 9.95. The largest absolute Gasteiger partial charge is 0.465 e. The molecular formula is C22H16N2O3. The molecule has 0 saturated carbocycles. The number of ether oxygens (including phenoxy) is 1. The van der Waals surface area contributed by atoms with Crippen LogP contribution >= 0.6 is 0 Å². The average Bonchev–Trinajstić information content (AvgIpc) is 3.08. The van der Waals surface area contributed by atoms with Gasteiger partial charge in [0.05, 0.1) is 36.1 Å². The predicted molar refractivity (Wildman–Crippen MR) is 104 cm³/mol. The molecule has 0 N–H and O–H groups in total. The van der Waals surface area contributed by atoms with Gasteiger partial charge in [0, 0.05) is 21.7 Å². The summed E-state index contributed by atoms with van der Waals surface area (Å²) in [6.07, 6.45) is 0. The first-order valence-corrected chi connectivity index (χ1v) is 8.74. The number of pyridine rings is 2. The Kier molecular flexibility index (Phi) is 3.22. The highest BCUT2D eigenvalue weighted by Crippen LogP contribution is 2.40. The van der Waals surface area contributed by atoms with Gasteiger partial charge in [-0.25, -0.2) is 4.79 Å². The van der Waals surface area contributed by atoms with Crippen LogP contribution in [0, 0.1) is 6.92 Å². The number of hydrogen-bond acceptors (Lipinski definition) is 4. The molecule has 0 unspecified atom stereocenters. The Morgan fingerprint density at radius 2 is 1.70 bits per heavy atom. The zero-order chi connectivity index (χ0) is 18.7. The van der Waals surface area contributed by atoms with Gasteiger partial charge in [-0.2, -0.15) is 0 Å². The fraction of sp³-hybridized carbons (Fsp3) is 0.136. The molecule has 1 aliphatic rings. The number of rotatable bonds is 1. The number of aryl methyl sites for hydroxylation is 1. The molecule has 132 valence electrons. The Labute approximate surface area is 154 Å². The highest BCUT2D eigenvalue weighted by atomic mass is 16.5. The van der Waals surface area contributed by atoms with Crippen LogP contribution in [0.1, 0.15) is 21.6 Å². The third kappa shape index (κ3) is 2.02. The second-order valence-electron chi connectivity index (χ2n) is 6.73. The van der Waals surface area contributed by atoms with Crippen molar-refractivity contribution in [2.45, 2.75) is 13.5 Å². The van der Waals surface area contributed by atoms with Crippen LogP contribution in [0.4, 0.5) is 0 Å². The molecule has 0 bridgehead atoms. The number of esters is 1. The molecular weight excluding hydrogens is 340 g/mol. The van der Waals surface area contributed by atoms with Gasteiger partial charge < -0.3 is 9.30 Å². The highest BCUT2D eigenvalue weighted by molar-refractivity contribution is 6.10. The maximum atomic E-state index is 13.1. The minimum Gasteiger partial charge on any atom is -0.465 e. The second-order valence-corrected chi connectivity index (χ2v) is 6.73. The molecule has 5 rings (SSSR count). The fourth-order valence-corrected chi connectivity index (χ4v) is 4.14. The minimum absolute atomic E-state index is 0.116. The van der Waals surface area contributed by atoms with Crippen molar-refractivity contribution in [3.05, 3.63) is 75.7 Å². The monoisotopic (exact) mass is 356 g/mol. The summed E-state index contributed by atoms with van der Waals surface area (Å²) in [7, 11) is 1.36. The number of fused-ring (bicyclic) bond motifs is 5. The average molecular weight is 356 g/mol. The standard InChI is InChI=1S/C22H16N2O3/c1-12-13-7-5-6-10-16(13)23-17-11-24-20(18(12)17)19(22(26)27-2)14-8-3-4-9-15(14)21(24)25/h3-10H,11H2,1-2H3. The second kappa shape index (κ2) is 5.51. The molecule has 0 fully saturated rings. The topological polar surface area (TPSA) is 61.2 Å². The van der Waals surface area contributed by atoms with Gasteiger partial charge in [0.1, 0.15) is 0 Å². The highest BCUT2D eigenvalue weighted by Gasteiger charge is 2.31. The van der Waals surface area contributed by atoms with Gasteiger partial charge in [-0.15, -0.1) is 0 Å². The number of carbonyl (C=O) groups is 1. The van der Waals surface area contributed by atoms with Crippen molar-refractivity contribution in [1.29, 1.82) is 0 Å². The van der Waals surface area contributed by atoms with Gasteiger partial charge in [-0.1, -0.05) is 36.4 Å². The molecule has 1 aliphatic heterocycles. The van der Waals surface area contributed by atoms with Crippen molar-refractivity contribution in [1.82, 2.24) is 9.55 Å². The summed E-state index contributed by atoms with van der Waals surface area (Å²) >= 11 is 0. The van der Waals surface area contributed by atoms with Gasteiger partial charge in [0.2, 0.25) is 0 Å². The van der Waals surface area contributed by atoms with Gasteiger partial charge in [-0.3, -0.25) is 9.78 Å². The van der Waals surface area contributed by atoms with E-state index in [9.17, 15) is 9.59 Å². The van der Waals surface area contributed by atoms with E-state index in [0.717, 1.165) is 27.7 Å². The lowest BCUT2D eigenvalue weighted by molar-refractivity contribution is 0.0603. The van der Waals surface area contributed by atoms with Crippen molar-refractivity contribution in [2.75, 3.05) is 7.11 Å². The maximum Gasteiger partial charge on any atom is 0.340 e. The fourth-order valence-electron chi connectivity index (χ4n) is 4.14. The Morgan fingerprint density at radius 1 is 1.04 bits per heavy atom. The van der Waals surface area contributed by atoms with Crippen molar-refractivity contribution >= 4 is 27.6 Å². The molecule has 5 heteroatoms. The molecule has 27 heavy (non-hydrogen) atoms. The van der Waals surface area contributed by atoms with Crippen LogP contribution in [0.15, 0.2) is 53.3 Å². The number of carbonyl (C=O) groups excluding carboxylic acids is 1. The third-order valence-electron chi connectivity index (χ3n) is 5.34. The van der Waals surface area contributed by atoms with Crippen LogP contribution < -0.4 is 5.56 Å². The Morgan fingerprint density at radius 3 is 2.44 bits per heavy atom. The Hall–Kier alpha value is -3.47. The molecule has 0 saturated heterocycles. The summed E-state index contributed by atoms with van der Waals surface area (Å²) in [4.78, 5) is 30.6. The smallest absolute Gasteiger partial charge is 0.340 e. The molecule has 4 aromatic rings. The van der Waals surface area contributed by atoms with E-state index in [-0.39, 0.29) is 5.56 Å². The number of methoxy groups -OCH3 is 1. The summed E-state index contributed by atoms with van der Waals surface area (Å²) in [6.45, 7) is 2.36. The Bertz CT molecular complexity index is 1340. The van der Waals surface area contributed by atoms with Crippen molar-refractivity contribution in [3.63, 3.8) is 0 Å². The first-order valence-electron chi connectivity index (χ1n) is 8.74. The normalized spacial score (nSPS) is 12.2. The predicted octanol–water partition coefficient (Wildman–Crippen LogP) is 3.67. The molecule has 0 radical (unpaired) electrons. The van der Waals surface area contributed by atoms with Crippen LogP contribution in [-0.4, -0.2) is 22.6 Å². The third-order valence-corrected chi connectivity index (χ3v) is 5.34. The first kappa shape index (κ1) is 15.8. The van der Waals surface area contributed by atoms with E-state index in [1.165, 1.54) is 7.11 Å². The molecule has 0 atom stereocenters.